The van der Waals surface area contributed by atoms with Gasteiger partial charge in [0, 0.05) is 12.5 Å². The largest absolute Gasteiger partial charge is 0.497 e. The molecule has 0 aromatic heterocycles. The number of anilines is 1. The highest BCUT2D eigenvalue weighted by molar-refractivity contribution is 6.05. The van der Waals surface area contributed by atoms with Gasteiger partial charge in [-0.15, -0.1) is 0 Å². The number of hydrogen-bond donors (Lipinski definition) is 2. The molecule has 0 spiro atoms. The normalized spacial score (nSPS) is 16.8. The maximum atomic E-state index is 12.7. The van der Waals surface area contributed by atoms with E-state index in [2.05, 4.69) is 10.6 Å². The van der Waals surface area contributed by atoms with Crippen LogP contribution in [0, 0.1) is 0 Å². The summed E-state index contributed by atoms with van der Waals surface area (Å²) < 4.78 is 10.4. The van der Waals surface area contributed by atoms with Crippen molar-refractivity contribution >= 4 is 23.5 Å². The van der Waals surface area contributed by atoms with Crippen molar-refractivity contribution in [2.45, 2.75) is 31.8 Å². The van der Waals surface area contributed by atoms with Crippen molar-refractivity contribution in [3.05, 3.63) is 54.1 Å². The minimum absolute atomic E-state index is 0.0689. The second-order valence-corrected chi connectivity index (χ2v) is 6.95. The highest BCUT2D eigenvalue weighted by Gasteiger charge is 2.40. The molecule has 30 heavy (non-hydrogen) atoms. The number of nitrogens with one attached hydrogen (secondary N) is 2. The van der Waals surface area contributed by atoms with E-state index in [0.717, 1.165) is 5.56 Å². The van der Waals surface area contributed by atoms with E-state index >= 15 is 0 Å². The van der Waals surface area contributed by atoms with Crippen molar-refractivity contribution in [3.8, 4) is 11.5 Å². The van der Waals surface area contributed by atoms with Crippen molar-refractivity contribution in [2.24, 2.45) is 0 Å². The van der Waals surface area contributed by atoms with Crippen molar-refractivity contribution in [3.63, 3.8) is 0 Å². The molecule has 0 radical (unpaired) electrons. The summed E-state index contributed by atoms with van der Waals surface area (Å²) in [6.07, 6.45) is 0.270. The first-order valence-electron chi connectivity index (χ1n) is 9.65. The molecule has 2 atom stereocenters. The molecule has 1 fully saturated rings. The third-order valence-electron chi connectivity index (χ3n) is 5.06. The molecule has 158 valence electrons. The van der Waals surface area contributed by atoms with Gasteiger partial charge >= 0.3 is 6.03 Å². The van der Waals surface area contributed by atoms with Crippen LogP contribution in [0.15, 0.2) is 48.5 Å². The van der Waals surface area contributed by atoms with Gasteiger partial charge in [-0.1, -0.05) is 30.3 Å². The number of carbonyl (C=O) groups excluding carboxylic acids is 3. The average Bonchev–Trinajstić information content (AvgIpc) is 3.05. The van der Waals surface area contributed by atoms with Crippen LogP contribution in [0.25, 0.3) is 0 Å². The SMILES string of the molecule is COc1ccc(NC(=O)CC[C@@H]2NC(=O)N([C@H](C)c3ccccc3)C2=O)c(OC)c1. The van der Waals surface area contributed by atoms with Gasteiger partial charge in [0.1, 0.15) is 17.5 Å². The Hall–Kier alpha value is -3.55. The van der Waals surface area contributed by atoms with Crippen molar-refractivity contribution < 1.29 is 23.9 Å². The summed E-state index contributed by atoms with van der Waals surface area (Å²) in [6.45, 7) is 1.80. The Morgan fingerprint density at radius 1 is 1.13 bits per heavy atom. The monoisotopic (exact) mass is 411 g/mol. The molecule has 1 heterocycles. The minimum atomic E-state index is -0.729. The molecule has 0 bridgehead atoms. The van der Waals surface area contributed by atoms with Crippen LogP contribution < -0.4 is 20.1 Å². The molecule has 0 saturated carbocycles. The van der Waals surface area contributed by atoms with E-state index in [9.17, 15) is 14.4 Å². The van der Waals surface area contributed by atoms with Crippen LogP contribution in [-0.4, -0.2) is 43.0 Å². The quantitative estimate of drug-likeness (QED) is 0.651. The zero-order valence-electron chi connectivity index (χ0n) is 17.2. The second kappa shape index (κ2) is 9.30. The van der Waals surface area contributed by atoms with Gasteiger partial charge in [0.25, 0.3) is 5.91 Å². The Morgan fingerprint density at radius 3 is 2.53 bits per heavy atom. The lowest BCUT2D eigenvalue weighted by atomic mass is 10.1. The first-order chi connectivity index (χ1) is 14.4. The molecule has 2 N–H and O–H groups in total. The minimum Gasteiger partial charge on any atom is -0.497 e. The summed E-state index contributed by atoms with van der Waals surface area (Å²) in [5, 5.41) is 5.44. The Morgan fingerprint density at radius 2 is 1.87 bits per heavy atom. The van der Waals surface area contributed by atoms with Crippen molar-refractivity contribution in [1.29, 1.82) is 0 Å². The number of benzene rings is 2. The third kappa shape index (κ3) is 4.53. The maximum absolute atomic E-state index is 12.7. The summed E-state index contributed by atoms with van der Waals surface area (Å²) in [6, 6.07) is 12.8. The second-order valence-electron chi connectivity index (χ2n) is 6.95. The molecule has 1 aliphatic rings. The van der Waals surface area contributed by atoms with Crippen LogP contribution in [0.1, 0.15) is 31.4 Å². The average molecular weight is 411 g/mol. The van der Waals surface area contributed by atoms with Crippen LogP contribution in [0.5, 0.6) is 11.5 Å². The third-order valence-corrected chi connectivity index (χ3v) is 5.06. The fourth-order valence-electron chi connectivity index (χ4n) is 3.38. The molecule has 8 heteroatoms. The van der Waals surface area contributed by atoms with E-state index in [-0.39, 0.29) is 30.7 Å². The molecule has 0 unspecified atom stereocenters. The lowest BCUT2D eigenvalue weighted by molar-refractivity contribution is -0.129. The van der Waals surface area contributed by atoms with Crippen molar-refractivity contribution in [2.75, 3.05) is 19.5 Å². The molecule has 1 aliphatic heterocycles. The highest BCUT2D eigenvalue weighted by Crippen LogP contribution is 2.29. The Labute approximate surface area is 175 Å². The Balaban J connectivity index is 1.59. The molecule has 2 aromatic rings. The number of imide groups is 1. The van der Waals surface area contributed by atoms with Gasteiger partial charge in [0.05, 0.1) is 25.9 Å². The molecule has 3 rings (SSSR count). The van der Waals surface area contributed by atoms with E-state index < -0.39 is 12.1 Å². The number of hydrogen-bond acceptors (Lipinski definition) is 5. The topological polar surface area (TPSA) is 97.0 Å². The smallest absolute Gasteiger partial charge is 0.325 e. The van der Waals surface area contributed by atoms with Crippen LogP contribution in [0.2, 0.25) is 0 Å². The Bertz CT molecular complexity index is 932. The number of urea groups is 1. The maximum Gasteiger partial charge on any atom is 0.325 e. The predicted molar refractivity (Wildman–Crippen MR) is 111 cm³/mol. The van der Waals surface area contributed by atoms with Gasteiger partial charge in [0.15, 0.2) is 0 Å². The number of carbonyl (C=O) groups is 3. The summed E-state index contributed by atoms with van der Waals surface area (Å²) in [5.41, 5.74) is 1.37. The van der Waals surface area contributed by atoms with Crippen molar-refractivity contribution in [1.82, 2.24) is 10.2 Å². The highest BCUT2D eigenvalue weighted by atomic mass is 16.5. The van der Waals surface area contributed by atoms with Gasteiger partial charge in [-0.3, -0.25) is 14.5 Å². The number of nitrogens with zero attached hydrogens (tertiary/aromatic N) is 1. The lowest BCUT2D eigenvalue weighted by Gasteiger charge is -2.21. The van der Waals surface area contributed by atoms with Crippen LogP contribution in [-0.2, 0) is 9.59 Å². The number of rotatable bonds is 8. The first-order valence-corrected chi connectivity index (χ1v) is 9.65. The summed E-state index contributed by atoms with van der Waals surface area (Å²) in [4.78, 5) is 38.7. The summed E-state index contributed by atoms with van der Waals surface area (Å²) in [5.74, 6) is 0.466. The molecular weight excluding hydrogens is 386 g/mol. The lowest BCUT2D eigenvalue weighted by Crippen LogP contribution is -2.34. The van der Waals surface area contributed by atoms with Crippen LogP contribution in [0.3, 0.4) is 0 Å². The van der Waals surface area contributed by atoms with E-state index in [1.54, 1.807) is 32.2 Å². The zero-order valence-corrected chi connectivity index (χ0v) is 17.2. The van der Waals surface area contributed by atoms with Gasteiger partial charge in [-0.25, -0.2) is 4.79 Å². The fraction of sp³-hybridized carbons (Fsp3) is 0.318. The number of methoxy groups -OCH3 is 2. The fourth-order valence-corrected chi connectivity index (χ4v) is 3.38. The van der Waals surface area contributed by atoms with E-state index in [0.29, 0.717) is 17.2 Å². The standard InChI is InChI=1S/C22H25N3O5/c1-14(15-7-5-4-6-8-15)25-21(27)18(24-22(25)28)11-12-20(26)23-17-10-9-16(29-2)13-19(17)30-3/h4-10,13-14,18H,11-12H2,1-3H3,(H,23,26)(H,24,28)/t14-,18+/m1/s1. The van der Waals surface area contributed by atoms with E-state index in [1.165, 1.54) is 12.0 Å². The van der Waals surface area contributed by atoms with Gasteiger partial charge in [-0.05, 0) is 31.0 Å². The van der Waals surface area contributed by atoms with Crippen LogP contribution >= 0.6 is 0 Å². The zero-order chi connectivity index (χ0) is 21.7. The summed E-state index contributed by atoms with van der Waals surface area (Å²) in [7, 11) is 3.04. The van der Waals surface area contributed by atoms with Gasteiger partial charge in [0.2, 0.25) is 5.91 Å². The molecule has 2 aromatic carbocycles. The molecular formula is C22H25N3O5. The van der Waals surface area contributed by atoms with E-state index in [1.807, 2.05) is 30.3 Å². The first kappa shape index (κ1) is 21.2. The summed E-state index contributed by atoms with van der Waals surface area (Å²) >= 11 is 0. The molecule has 8 nitrogen and oxygen atoms in total. The van der Waals surface area contributed by atoms with Gasteiger partial charge in [-0.2, -0.15) is 0 Å². The van der Waals surface area contributed by atoms with Gasteiger partial charge < -0.3 is 20.1 Å². The molecule has 4 amide bonds. The number of amides is 4. The van der Waals surface area contributed by atoms with E-state index in [4.69, 9.17) is 9.47 Å². The predicted octanol–water partition coefficient (Wildman–Crippen LogP) is 3.10. The molecule has 0 aliphatic carbocycles. The number of ether oxygens (including phenoxy) is 2. The molecule has 1 saturated heterocycles. The van der Waals surface area contributed by atoms with Crippen LogP contribution in [0.4, 0.5) is 10.5 Å². The Kier molecular flexibility index (Phi) is 6.56.